The number of rotatable bonds is 2. The molecule has 3 aliphatic rings. The van der Waals surface area contributed by atoms with E-state index in [0.717, 1.165) is 63.2 Å². The number of carbonyl (C=O) groups excluding carboxylic acids is 1. The Kier molecular flexibility index (Phi) is 3.89. The summed E-state index contributed by atoms with van der Waals surface area (Å²) in [4.78, 5) is 34.7. The van der Waals surface area contributed by atoms with Crippen molar-refractivity contribution in [3.05, 3.63) is 39.1 Å². The molecule has 2 saturated heterocycles. The van der Waals surface area contributed by atoms with Crippen LogP contribution in [0.25, 0.3) is 5.95 Å². The van der Waals surface area contributed by atoms with E-state index in [0.29, 0.717) is 29.0 Å². The third-order valence-corrected chi connectivity index (χ3v) is 5.99. The van der Waals surface area contributed by atoms with E-state index in [9.17, 15) is 9.59 Å². The number of hydrogen-bond donors (Lipinski definition) is 1. The van der Waals surface area contributed by atoms with Crippen LogP contribution in [0.1, 0.15) is 40.2 Å². The summed E-state index contributed by atoms with van der Waals surface area (Å²) in [6.07, 6.45) is 5.28. The van der Waals surface area contributed by atoms with Gasteiger partial charge in [-0.1, -0.05) is 0 Å². The second kappa shape index (κ2) is 6.30. The van der Waals surface area contributed by atoms with Gasteiger partial charge in [0.05, 0.1) is 36.4 Å². The molecule has 1 amide bonds. The Bertz CT molecular complexity index is 951. The minimum Gasteiger partial charge on any atom is -0.381 e. The predicted molar refractivity (Wildman–Crippen MR) is 97.1 cm³/mol. The zero-order valence-electron chi connectivity index (χ0n) is 15.4. The van der Waals surface area contributed by atoms with Crippen molar-refractivity contribution < 1.29 is 9.53 Å². The maximum atomic E-state index is 13.1. The summed E-state index contributed by atoms with van der Waals surface area (Å²) in [5.41, 5.74) is 2.80. The molecule has 2 unspecified atom stereocenters. The van der Waals surface area contributed by atoms with Gasteiger partial charge in [0, 0.05) is 30.5 Å². The number of aromatic amines is 1. The predicted octanol–water partition coefficient (Wildman–Crippen LogP) is 0.861. The monoisotopic (exact) mass is 369 g/mol. The zero-order chi connectivity index (χ0) is 18.5. The van der Waals surface area contributed by atoms with Gasteiger partial charge in [0.25, 0.3) is 11.5 Å². The highest BCUT2D eigenvalue weighted by molar-refractivity contribution is 5.95. The largest absolute Gasteiger partial charge is 0.381 e. The van der Waals surface area contributed by atoms with E-state index < -0.39 is 0 Å². The summed E-state index contributed by atoms with van der Waals surface area (Å²) in [6, 6.07) is 0. The number of fused-ring (bicyclic) bond motifs is 3. The first-order chi connectivity index (χ1) is 13.1. The Morgan fingerprint density at radius 3 is 2.81 bits per heavy atom. The number of ether oxygens (including phenoxy) is 1. The summed E-state index contributed by atoms with van der Waals surface area (Å²) < 4.78 is 7.18. The summed E-state index contributed by atoms with van der Waals surface area (Å²) in [7, 11) is 0. The van der Waals surface area contributed by atoms with Crippen LogP contribution in [-0.4, -0.2) is 56.9 Å². The first-order valence-corrected chi connectivity index (χ1v) is 9.64. The quantitative estimate of drug-likeness (QED) is 0.848. The number of nitrogens with zero attached hydrogens (tertiary/aromatic N) is 4. The Balaban J connectivity index is 1.45. The minimum atomic E-state index is -0.0980. The van der Waals surface area contributed by atoms with E-state index in [-0.39, 0.29) is 11.5 Å². The number of H-pyrrole nitrogens is 1. The fourth-order valence-corrected chi connectivity index (χ4v) is 4.66. The number of nitrogens with one attached hydrogen (secondary N) is 1. The van der Waals surface area contributed by atoms with Crippen LogP contribution in [0.5, 0.6) is 0 Å². The summed E-state index contributed by atoms with van der Waals surface area (Å²) in [6.45, 7) is 4.78. The molecule has 5 rings (SSSR count). The molecule has 2 fully saturated rings. The molecule has 8 nitrogen and oxygen atoms in total. The maximum Gasteiger partial charge on any atom is 0.257 e. The van der Waals surface area contributed by atoms with Gasteiger partial charge in [-0.05, 0) is 32.6 Å². The minimum absolute atomic E-state index is 0.00106. The summed E-state index contributed by atoms with van der Waals surface area (Å²) in [5, 5.41) is 4.35. The van der Waals surface area contributed by atoms with E-state index in [1.54, 1.807) is 10.9 Å². The molecule has 0 spiro atoms. The van der Waals surface area contributed by atoms with Gasteiger partial charge < -0.3 is 9.64 Å². The fourth-order valence-electron chi connectivity index (χ4n) is 4.66. The molecule has 0 saturated carbocycles. The average molecular weight is 369 g/mol. The molecule has 0 radical (unpaired) electrons. The number of piperidine rings is 1. The molecule has 1 aliphatic carbocycles. The van der Waals surface area contributed by atoms with Crippen LogP contribution in [0.4, 0.5) is 0 Å². The van der Waals surface area contributed by atoms with Crippen LogP contribution >= 0.6 is 0 Å². The second-order valence-electron chi connectivity index (χ2n) is 7.94. The maximum absolute atomic E-state index is 13.1. The molecule has 0 aromatic carbocycles. The van der Waals surface area contributed by atoms with Crippen LogP contribution in [0, 0.1) is 18.8 Å². The second-order valence-corrected chi connectivity index (χ2v) is 7.94. The molecule has 27 heavy (non-hydrogen) atoms. The number of amides is 1. The molecule has 2 bridgehead atoms. The number of likely N-dealkylation sites (tertiary alicyclic amines) is 1. The Hall–Kier alpha value is -2.48. The van der Waals surface area contributed by atoms with Gasteiger partial charge in [0.15, 0.2) is 0 Å². The Labute approximate surface area is 156 Å². The van der Waals surface area contributed by atoms with Crippen LogP contribution in [0.2, 0.25) is 0 Å². The highest BCUT2D eigenvalue weighted by Crippen LogP contribution is 2.28. The van der Waals surface area contributed by atoms with E-state index in [4.69, 9.17) is 4.74 Å². The van der Waals surface area contributed by atoms with Gasteiger partial charge in [-0.2, -0.15) is 5.10 Å². The van der Waals surface area contributed by atoms with E-state index in [1.165, 1.54) is 0 Å². The molecular weight excluding hydrogens is 346 g/mol. The third kappa shape index (κ3) is 2.79. The highest BCUT2D eigenvalue weighted by Gasteiger charge is 2.34. The highest BCUT2D eigenvalue weighted by atomic mass is 16.5. The fraction of sp³-hybridized carbons (Fsp3) is 0.579. The van der Waals surface area contributed by atoms with Crippen molar-refractivity contribution in [2.24, 2.45) is 11.8 Å². The van der Waals surface area contributed by atoms with Crippen molar-refractivity contribution >= 4 is 5.91 Å². The number of hydrogen-bond acceptors (Lipinski definition) is 5. The molecule has 4 heterocycles. The summed E-state index contributed by atoms with van der Waals surface area (Å²) >= 11 is 0. The number of aromatic nitrogens is 4. The molecular formula is C19H23N5O3. The topological polar surface area (TPSA) is 93.1 Å². The van der Waals surface area contributed by atoms with Crippen molar-refractivity contribution in [3.63, 3.8) is 0 Å². The lowest BCUT2D eigenvalue weighted by molar-refractivity contribution is -0.0338. The number of aryl methyl sites for hydroxylation is 1. The van der Waals surface area contributed by atoms with Crippen molar-refractivity contribution in [2.45, 2.75) is 32.6 Å². The first-order valence-electron chi connectivity index (χ1n) is 9.64. The van der Waals surface area contributed by atoms with Crippen LogP contribution in [-0.2, 0) is 17.6 Å². The molecule has 2 atom stereocenters. The van der Waals surface area contributed by atoms with Crippen LogP contribution in [0.15, 0.2) is 11.0 Å². The van der Waals surface area contributed by atoms with Crippen LogP contribution < -0.4 is 5.56 Å². The van der Waals surface area contributed by atoms with Gasteiger partial charge in [0.1, 0.15) is 0 Å². The van der Waals surface area contributed by atoms with Gasteiger partial charge in [-0.15, -0.1) is 0 Å². The van der Waals surface area contributed by atoms with Crippen molar-refractivity contribution in [2.75, 3.05) is 26.3 Å². The van der Waals surface area contributed by atoms with Crippen molar-refractivity contribution in [3.8, 4) is 5.95 Å². The zero-order valence-corrected chi connectivity index (χ0v) is 15.4. The molecule has 1 N–H and O–H groups in total. The van der Waals surface area contributed by atoms with Gasteiger partial charge >= 0.3 is 0 Å². The molecule has 8 heteroatoms. The van der Waals surface area contributed by atoms with Crippen LogP contribution in [0.3, 0.4) is 0 Å². The third-order valence-electron chi connectivity index (χ3n) is 5.99. The van der Waals surface area contributed by atoms with E-state index in [2.05, 4.69) is 15.1 Å². The average Bonchev–Trinajstić information content (AvgIpc) is 3.27. The van der Waals surface area contributed by atoms with Gasteiger partial charge in [0.2, 0.25) is 5.95 Å². The van der Waals surface area contributed by atoms with Gasteiger partial charge in [-0.25, -0.2) is 9.67 Å². The van der Waals surface area contributed by atoms with Crippen molar-refractivity contribution in [1.29, 1.82) is 0 Å². The molecule has 142 valence electrons. The molecule has 2 aromatic heterocycles. The smallest absolute Gasteiger partial charge is 0.257 e. The van der Waals surface area contributed by atoms with Crippen molar-refractivity contribution in [1.82, 2.24) is 24.6 Å². The van der Waals surface area contributed by atoms with E-state index >= 15 is 0 Å². The lowest BCUT2D eigenvalue weighted by Gasteiger charge is -2.41. The first kappa shape index (κ1) is 16.7. The number of carbonyl (C=O) groups is 1. The normalized spacial score (nSPS) is 24.1. The lowest BCUT2D eigenvalue weighted by atomic mass is 9.88. The lowest BCUT2D eigenvalue weighted by Crippen LogP contribution is -2.49. The summed E-state index contributed by atoms with van der Waals surface area (Å²) in [5.74, 6) is 1.23. The SMILES string of the molecule is Cc1c(C(=O)N2CC3COCC(C3)C2)cnn1-c1nc2c(c(=O)[nH]1)CCC2. The van der Waals surface area contributed by atoms with Gasteiger partial charge in [-0.3, -0.25) is 14.6 Å². The molecule has 2 aromatic rings. The Morgan fingerprint density at radius 1 is 1.26 bits per heavy atom. The standard InChI is InChI=1S/C19H23N5O3/c1-11-15(18(26)23-7-12-5-13(8-23)10-27-9-12)6-20-24(11)19-21-16-4-2-3-14(16)17(25)22-19/h6,12-13H,2-5,7-10H2,1H3,(H,21,22,25). The molecule has 2 aliphatic heterocycles. The van der Waals surface area contributed by atoms with E-state index in [1.807, 2.05) is 11.8 Å². The Morgan fingerprint density at radius 2 is 2.04 bits per heavy atom.